The molecule has 13 N–H and O–H groups in total. The number of aliphatic hydroxyl groups is 1. The number of nitrogens with one attached hydrogen (secondary N) is 4. The molecule has 5 atom stereocenters. The fourth-order valence-electron chi connectivity index (χ4n) is 3.05. The van der Waals surface area contributed by atoms with Gasteiger partial charge in [-0.15, -0.1) is 0 Å². The number of rotatable bonds is 16. The maximum absolute atomic E-state index is 12.9. The molecule has 1 aromatic rings. The molecule has 0 saturated carbocycles. The molecule has 5 unspecified atom stereocenters. The number of aliphatic hydroxyl groups excluding tert-OH is 1. The molecule has 0 fully saturated rings. The van der Waals surface area contributed by atoms with Crippen LogP contribution in [0.2, 0.25) is 0 Å². The third-order valence-electron chi connectivity index (χ3n) is 4.97. The van der Waals surface area contributed by atoms with Crippen molar-refractivity contribution in [2.24, 2.45) is 22.2 Å². The molecule has 206 valence electrons. The Hall–Kier alpha value is -4.25. The highest BCUT2D eigenvalue weighted by atomic mass is 16.4. The smallest absolute Gasteiger partial charge is 0.326 e. The second kappa shape index (κ2) is 15.0. The van der Waals surface area contributed by atoms with Gasteiger partial charge in [0.15, 0.2) is 5.96 Å². The Morgan fingerprint density at radius 3 is 2.22 bits per heavy atom. The highest BCUT2D eigenvalue weighted by Crippen LogP contribution is 2.04. The molecule has 0 spiro atoms. The number of carboxylic acid groups (broad SMARTS) is 2. The van der Waals surface area contributed by atoms with E-state index in [4.69, 9.17) is 22.3 Å². The molecule has 3 amide bonds. The summed E-state index contributed by atoms with van der Waals surface area (Å²) in [4.78, 5) is 70.8. The summed E-state index contributed by atoms with van der Waals surface area (Å²) in [6.07, 6.45) is 0.693. The van der Waals surface area contributed by atoms with E-state index in [1.54, 1.807) is 0 Å². The molecule has 17 nitrogen and oxygen atoms in total. The van der Waals surface area contributed by atoms with Gasteiger partial charge in [0.05, 0.1) is 24.9 Å². The van der Waals surface area contributed by atoms with Crippen molar-refractivity contribution in [1.82, 2.24) is 25.9 Å². The number of hydrogen-bond donors (Lipinski definition) is 10. The molecule has 0 saturated heterocycles. The monoisotopic (exact) mass is 527 g/mol. The lowest BCUT2D eigenvalue weighted by Gasteiger charge is -2.26. The molecular weight excluding hydrogens is 494 g/mol. The number of carboxylic acids is 2. The Bertz CT molecular complexity index is 963. The SMILES string of the molecule is CC(O)C(NC(=O)C(N)CCCN=C(N)N)C(=O)NC(Cc1cnc[nH]1)C(=O)NC(CC(=O)O)C(=O)O. The quantitative estimate of drug-likeness (QED) is 0.0555. The van der Waals surface area contributed by atoms with Crippen molar-refractivity contribution >= 4 is 35.6 Å². The van der Waals surface area contributed by atoms with Gasteiger partial charge in [0.1, 0.15) is 18.1 Å². The number of aliphatic imine (C=N–C) groups is 1. The summed E-state index contributed by atoms with van der Waals surface area (Å²) in [7, 11) is 0. The van der Waals surface area contributed by atoms with E-state index in [1.807, 2.05) is 0 Å². The molecule has 1 rings (SSSR count). The lowest BCUT2D eigenvalue weighted by Crippen LogP contribution is -2.60. The molecule has 0 radical (unpaired) electrons. The maximum atomic E-state index is 12.9. The molecular formula is C20H33N9O8. The van der Waals surface area contributed by atoms with Crippen LogP contribution < -0.4 is 33.2 Å². The fraction of sp³-hybridized carbons (Fsp3) is 0.550. The van der Waals surface area contributed by atoms with Crippen LogP contribution in [0.1, 0.15) is 31.9 Å². The average molecular weight is 528 g/mol. The van der Waals surface area contributed by atoms with Crippen molar-refractivity contribution in [3.05, 3.63) is 18.2 Å². The molecule has 0 aliphatic heterocycles. The van der Waals surface area contributed by atoms with Gasteiger partial charge >= 0.3 is 11.9 Å². The third-order valence-corrected chi connectivity index (χ3v) is 4.97. The number of nitrogens with zero attached hydrogens (tertiary/aromatic N) is 2. The molecule has 1 aromatic heterocycles. The molecule has 17 heteroatoms. The summed E-state index contributed by atoms with van der Waals surface area (Å²) in [5, 5.41) is 34.9. The number of guanidine groups is 1. The van der Waals surface area contributed by atoms with Crippen LogP contribution in [0.5, 0.6) is 0 Å². The first kappa shape index (κ1) is 30.8. The Morgan fingerprint density at radius 1 is 1.05 bits per heavy atom. The first-order valence-electron chi connectivity index (χ1n) is 11.1. The zero-order valence-corrected chi connectivity index (χ0v) is 20.1. The van der Waals surface area contributed by atoms with E-state index in [0.29, 0.717) is 12.1 Å². The number of nitrogens with two attached hydrogens (primary N) is 3. The summed E-state index contributed by atoms with van der Waals surface area (Å²) in [6, 6.07) is -5.77. The molecule has 0 aliphatic carbocycles. The number of aromatic nitrogens is 2. The minimum absolute atomic E-state index is 0.116. The zero-order chi connectivity index (χ0) is 28.1. The van der Waals surface area contributed by atoms with Gasteiger partial charge in [-0.25, -0.2) is 9.78 Å². The molecule has 0 aliphatic rings. The maximum Gasteiger partial charge on any atom is 0.326 e. The van der Waals surface area contributed by atoms with Gasteiger partial charge in [0.2, 0.25) is 17.7 Å². The standard InChI is InChI=1S/C20H33N9O8/c1-9(30)15(29-16(33)11(21)3-2-4-25-20(22)23)18(35)27-12(5-10-7-24-8-26-10)17(34)28-13(19(36)37)6-14(31)32/h7-9,11-13,15,30H,2-6,21H2,1H3,(H,24,26)(H,27,35)(H,28,34)(H,29,33)(H,31,32)(H,36,37)(H4,22,23,25). The zero-order valence-electron chi connectivity index (χ0n) is 20.1. The largest absolute Gasteiger partial charge is 0.481 e. The summed E-state index contributed by atoms with van der Waals surface area (Å²) in [5.41, 5.74) is 16.7. The van der Waals surface area contributed by atoms with Gasteiger partial charge < -0.3 is 53.5 Å². The van der Waals surface area contributed by atoms with E-state index in [0.717, 1.165) is 0 Å². The Morgan fingerprint density at radius 2 is 1.70 bits per heavy atom. The van der Waals surface area contributed by atoms with Gasteiger partial charge in [-0.3, -0.25) is 24.2 Å². The van der Waals surface area contributed by atoms with Crippen molar-refractivity contribution in [3.8, 4) is 0 Å². The van der Waals surface area contributed by atoms with E-state index in [1.165, 1.54) is 19.4 Å². The predicted molar refractivity (Wildman–Crippen MR) is 128 cm³/mol. The number of amides is 3. The van der Waals surface area contributed by atoms with Crippen molar-refractivity contribution in [1.29, 1.82) is 0 Å². The molecule has 0 aromatic carbocycles. The van der Waals surface area contributed by atoms with Gasteiger partial charge in [-0.2, -0.15) is 0 Å². The minimum Gasteiger partial charge on any atom is -0.481 e. The van der Waals surface area contributed by atoms with Gasteiger partial charge in [0.25, 0.3) is 0 Å². The van der Waals surface area contributed by atoms with E-state index in [9.17, 15) is 34.2 Å². The van der Waals surface area contributed by atoms with E-state index < -0.39 is 66.4 Å². The number of carbonyl (C=O) groups excluding carboxylic acids is 3. The third kappa shape index (κ3) is 11.4. The van der Waals surface area contributed by atoms with Crippen LogP contribution in [0.4, 0.5) is 0 Å². The molecule has 0 bridgehead atoms. The summed E-state index contributed by atoms with van der Waals surface area (Å²) < 4.78 is 0. The fourth-order valence-corrected chi connectivity index (χ4v) is 3.05. The van der Waals surface area contributed by atoms with Crippen molar-refractivity contribution in [2.75, 3.05) is 6.54 Å². The van der Waals surface area contributed by atoms with E-state index in [2.05, 4.69) is 30.9 Å². The van der Waals surface area contributed by atoms with Crippen LogP contribution >= 0.6 is 0 Å². The number of H-pyrrole nitrogens is 1. The van der Waals surface area contributed by atoms with Gasteiger partial charge in [0, 0.05) is 24.9 Å². The van der Waals surface area contributed by atoms with Crippen LogP contribution in [0.15, 0.2) is 17.5 Å². The second-order valence-electron chi connectivity index (χ2n) is 8.12. The summed E-state index contributed by atoms with van der Waals surface area (Å²) in [5.74, 6) is -5.91. The first-order valence-corrected chi connectivity index (χ1v) is 11.1. The van der Waals surface area contributed by atoms with Crippen LogP contribution in [0, 0.1) is 0 Å². The van der Waals surface area contributed by atoms with Gasteiger partial charge in [-0.05, 0) is 19.8 Å². The Balaban J connectivity index is 2.95. The van der Waals surface area contributed by atoms with Crippen molar-refractivity contribution in [2.45, 2.75) is 62.9 Å². The van der Waals surface area contributed by atoms with Crippen LogP contribution in [0.3, 0.4) is 0 Å². The molecule has 1 heterocycles. The van der Waals surface area contributed by atoms with E-state index >= 15 is 0 Å². The number of imidazole rings is 1. The number of aliphatic carboxylic acids is 2. The van der Waals surface area contributed by atoms with Crippen LogP contribution in [0.25, 0.3) is 0 Å². The Kier molecular flexibility index (Phi) is 12.5. The highest BCUT2D eigenvalue weighted by molar-refractivity contribution is 5.95. The number of carbonyl (C=O) groups is 5. The molecule has 37 heavy (non-hydrogen) atoms. The van der Waals surface area contributed by atoms with Crippen molar-refractivity contribution < 1.29 is 39.3 Å². The highest BCUT2D eigenvalue weighted by Gasteiger charge is 2.33. The summed E-state index contributed by atoms with van der Waals surface area (Å²) >= 11 is 0. The first-order chi connectivity index (χ1) is 17.3. The lowest BCUT2D eigenvalue weighted by molar-refractivity contribution is -0.147. The second-order valence-corrected chi connectivity index (χ2v) is 8.12. The Labute approximate surface area is 211 Å². The normalized spacial score (nSPS) is 14.8. The van der Waals surface area contributed by atoms with Crippen LogP contribution in [-0.4, -0.2) is 97.7 Å². The van der Waals surface area contributed by atoms with E-state index in [-0.39, 0.29) is 25.3 Å². The minimum atomic E-state index is -1.77. The van der Waals surface area contributed by atoms with Crippen molar-refractivity contribution in [3.63, 3.8) is 0 Å². The lowest BCUT2D eigenvalue weighted by atomic mass is 10.1. The van der Waals surface area contributed by atoms with Gasteiger partial charge in [-0.1, -0.05) is 0 Å². The topological polar surface area (TPSA) is 301 Å². The van der Waals surface area contributed by atoms with Crippen LogP contribution in [-0.2, 0) is 30.4 Å². The predicted octanol–water partition coefficient (Wildman–Crippen LogP) is -4.27. The number of hydrogen-bond acceptors (Lipinski definition) is 9. The number of aromatic amines is 1. The summed E-state index contributed by atoms with van der Waals surface area (Å²) in [6.45, 7) is 1.46. The average Bonchev–Trinajstić information content (AvgIpc) is 3.31.